The Balaban J connectivity index is 1.74. The van der Waals surface area contributed by atoms with E-state index in [9.17, 15) is 9.59 Å². The van der Waals surface area contributed by atoms with Gasteiger partial charge < -0.3 is 14.5 Å². The van der Waals surface area contributed by atoms with Crippen LogP contribution in [0.1, 0.15) is 61.5 Å². The second-order valence-corrected chi connectivity index (χ2v) is 8.13. The van der Waals surface area contributed by atoms with Crippen molar-refractivity contribution in [3.05, 3.63) is 35.4 Å². The molecule has 1 amide bonds. The number of amides is 1. The van der Waals surface area contributed by atoms with Crippen molar-refractivity contribution in [1.29, 1.82) is 0 Å². The van der Waals surface area contributed by atoms with Crippen LogP contribution in [0.15, 0.2) is 22.7 Å². The first kappa shape index (κ1) is 20.1. The van der Waals surface area contributed by atoms with E-state index in [4.69, 9.17) is 14.1 Å². The number of rotatable bonds is 6. The molecule has 1 fully saturated rings. The average molecular weight is 410 g/mol. The van der Waals surface area contributed by atoms with E-state index in [0.717, 1.165) is 24.2 Å². The summed E-state index contributed by atoms with van der Waals surface area (Å²) in [6.07, 6.45) is 2.67. The highest BCUT2D eigenvalue weighted by molar-refractivity contribution is 6.04. The molecule has 0 saturated heterocycles. The highest BCUT2D eigenvalue weighted by Crippen LogP contribution is 2.30. The molecule has 3 aromatic rings. The first-order valence-corrected chi connectivity index (χ1v) is 10.2. The predicted octanol–water partition coefficient (Wildman–Crippen LogP) is 3.71. The number of pyridine rings is 1. The van der Waals surface area contributed by atoms with Crippen molar-refractivity contribution < 1.29 is 18.7 Å². The van der Waals surface area contributed by atoms with Gasteiger partial charge in [-0.3, -0.25) is 4.79 Å². The van der Waals surface area contributed by atoms with E-state index in [-0.39, 0.29) is 18.0 Å². The van der Waals surface area contributed by atoms with Crippen molar-refractivity contribution in [1.82, 2.24) is 20.1 Å². The van der Waals surface area contributed by atoms with Crippen molar-refractivity contribution >= 4 is 22.9 Å². The lowest BCUT2D eigenvalue weighted by Crippen LogP contribution is -2.37. The molecule has 3 aromatic heterocycles. The van der Waals surface area contributed by atoms with Crippen molar-refractivity contribution in [3.8, 4) is 11.3 Å². The molecule has 1 atom stereocenters. The van der Waals surface area contributed by atoms with Crippen LogP contribution in [-0.2, 0) is 9.53 Å². The lowest BCUT2D eigenvalue weighted by Gasteiger charge is -2.14. The SMILES string of the molecule is Cc1cc(-c2cc(C(=O)OC(C)C(=O)NC3CC3)c3cnn(C(C)C)c3n2)c(C)o1. The van der Waals surface area contributed by atoms with Gasteiger partial charge in [0.05, 0.1) is 22.8 Å². The number of hydrogen-bond acceptors (Lipinski definition) is 6. The topological polar surface area (TPSA) is 99.2 Å². The highest BCUT2D eigenvalue weighted by Gasteiger charge is 2.28. The van der Waals surface area contributed by atoms with E-state index in [1.165, 1.54) is 0 Å². The van der Waals surface area contributed by atoms with Gasteiger partial charge in [0, 0.05) is 17.6 Å². The maximum atomic E-state index is 13.0. The fourth-order valence-corrected chi connectivity index (χ4v) is 3.41. The van der Waals surface area contributed by atoms with Crippen molar-refractivity contribution in [3.63, 3.8) is 0 Å². The summed E-state index contributed by atoms with van der Waals surface area (Å²) in [4.78, 5) is 30.0. The largest absolute Gasteiger partial charge is 0.466 e. The number of carbonyl (C=O) groups is 2. The van der Waals surface area contributed by atoms with Gasteiger partial charge in [-0.2, -0.15) is 5.10 Å². The van der Waals surface area contributed by atoms with Gasteiger partial charge in [-0.05, 0) is 59.6 Å². The Hall–Kier alpha value is -3.16. The Morgan fingerprint density at radius 2 is 1.97 bits per heavy atom. The fraction of sp³-hybridized carbons (Fsp3) is 0.455. The predicted molar refractivity (Wildman–Crippen MR) is 111 cm³/mol. The Bertz CT molecular complexity index is 1120. The number of carbonyl (C=O) groups excluding carboxylic acids is 2. The van der Waals surface area contributed by atoms with E-state index < -0.39 is 12.1 Å². The molecule has 8 nitrogen and oxygen atoms in total. The smallest absolute Gasteiger partial charge is 0.339 e. The monoisotopic (exact) mass is 410 g/mol. The van der Waals surface area contributed by atoms with Crippen LogP contribution < -0.4 is 5.32 Å². The van der Waals surface area contributed by atoms with Gasteiger partial charge in [0.2, 0.25) is 0 Å². The molecule has 0 aliphatic heterocycles. The first-order chi connectivity index (χ1) is 14.2. The van der Waals surface area contributed by atoms with Crippen LogP contribution in [0.4, 0.5) is 0 Å². The van der Waals surface area contributed by atoms with Gasteiger partial charge in [-0.1, -0.05) is 0 Å². The van der Waals surface area contributed by atoms with E-state index in [2.05, 4.69) is 10.4 Å². The van der Waals surface area contributed by atoms with Crippen LogP contribution in [0.3, 0.4) is 0 Å². The molecule has 0 spiro atoms. The summed E-state index contributed by atoms with van der Waals surface area (Å²) in [6, 6.07) is 3.83. The van der Waals surface area contributed by atoms with Crippen LogP contribution >= 0.6 is 0 Å². The lowest BCUT2D eigenvalue weighted by molar-refractivity contribution is -0.129. The zero-order chi connectivity index (χ0) is 21.6. The van der Waals surface area contributed by atoms with Crippen molar-refractivity contribution in [2.45, 2.75) is 65.6 Å². The zero-order valence-electron chi connectivity index (χ0n) is 17.9. The number of aromatic nitrogens is 3. The summed E-state index contributed by atoms with van der Waals surface area (Å²) in [5, 5.41) is 7.85. The van der Waals surface area contributed by atoms with Crippen LogP contribution in [-0.4, -0.2) is 38.8 Å². The minimum Gasteiger partial charge on any atom is -0.466 e. The third-order valence-corrected chi connectivity index (χ3v) is 5.17. The van der Waals surface area contributed by atoms with Gasteiger partial charge in [0.1, 0.15) is 11.5 Å². The quantitative estimate of drug-likeness (QED) is 0.622. The summed E-state index contributed by atoms with van der Waals surface area (Å²) in [5.41, 5.74) is 2.31. The molecule has 1 aliphatic carbocycles. The third-order valence-electron chi connectivity index (χ3n) is 5.17. The van der Waals surface area contributed by atoms with Crippen LogP contribution in [0, 0.1) is 13.8 Å². The Labute approximate surface area is 174 Å². The molecule has 1 aliphatic rings. The summed E-state index contributed by atoms with van der Waals surface area (Å²) in [5.74, 6) is 0.613. The standard InChI is InChI=1S/C22H26N4O4/c1-11(2)26-20-18(10-23-26)17(9-19(25-20)16-8-12(3)29-13(16)4)22(28)30-14(5)21(27)24-15-6-7-15/h8-11,14-15H,6-7H2,1-5H3,(H,24,27). The normalized spacial score (nSPS) is 14.9. The molecule has 0 radical (unpaired) electrons. The summed E-state index contributed by atoms with van der Waals surface area (Å²) in [7, 11) is 0. The first-order valence-electron chi connectivity index (χ1n) is 10.2. The molecule has 3 heterocycles. The van der Waals surface area contributed by atoms with Crippen LogP contribution in [0.25, 0.3) is 22.3 Å². The maximum absolute atomic E-state index is 13.0. The Kier molecular flexibility index (Phi) is 5.09. The number of esters is 1. The minimum absolute atomic E-state index is 0.0598. The molecular weight excluding hydrogens is 384 g/mol. The maximum Gasteiger partial charge on any atom is 0.339 e. The average Bonchev–Trinajstić information content (AvgIpc) is 3.28. The molecule has 0 bridgehead atoms. The van der Waals surface area contributed by atoms with E-state index in [1.54, 1.807) is 23.9 Å². The number of aryl methyl sites for hydroxylation is 2. The van der Waals surface area contributed by atoms with Gasteiger partial charge in [-0.25, -0.2) is 14.5 Å². The molecule has 0 aromatic carbocycles. The highest BCUT2D eigenvalue weighted by atomic mass is 16.5. The summed E-state index contributed by atoms with van der Waals surface area (Å²) in [6.45, 7) is 9.29. The molecule has 1 saturated carbocycles. The zero-order valence-corrected chi connectivity index (χ0v) is 17.9. The van der Waals surface area contributed by atoms with E-state index >= 15 is 0 Å². The van der Waals surface area contributed by atoms with Gasteiger partial charge in [-0.15, -0.1) is 0 Å². The molecule has 1 N–H and O–H groups in total. The molecule has 8 heteroatoms. The Morgan fingerprint density at radius 3 is 2.57 bits per heavy atom. The van der Waals surface area contributed by atoms with E-state index in [0.29, 0.717) is 28.1 Å². The minimum atomic E-state index is -0.886. The summed E-state index contributed by atoms with van der Waals surface area (Å²) < 4.78 is 12.9. The van der Waals surface area contributed by atoms with Crippen LogP contribution in [0.2, 0.25) is 0 Å². The number of hydrogen-bond donors (Lipinski definition) is 1. The number of furan rings is 1. The number of fused-ring (bicyclic) bond motifs is 1. The molecule has 4 rings (SSSR count). The van der Waals surface area contributed by atoms with E-state index in [1.807, 2.05) is 33.8 Å². The summed E-state index contributed by atoms with van der Waals surface area (Å²) >= 11 is 0. The second kappa shape index (κ2) is 7.59. The van der Waals surface area contributed by atoms with Gasteiger partial charge in [0.25, 0.3) is 5.91 Å². The lowest BCUT2D eigenvalue weighted by atomic mass is 10.1. The van der Waals surface area contributed by atoms with Gasteiger partial charge in [0.15, 0.2) is 11.8 Å². The third kappa shape index (κ3) is 3.81. The van der Waals surface area contributed by atoms with Crippen molar-refractivity contribution in [2.75, 3.05) is 0 Å². The molecule has 158 valence electrons. The fourth-order valence-electron chi connectivity index (χ4n) is 3.41. The van der Waals surface area contributed by atoms with Gasteiger partial charge >= 0.3 is 5.97 Å². The number of nitrogens with one attached hydrogen (secondary N) is 1. The molecular formula is C22H26N4O4. The molecule has 30 heavy (non-hydrogen) atoms. The Morgan fingerprint density at radius 1 is 1.23 bits per heavy atom. The molecule has 1 unspecified atom stereocenters. The van der Waals surface area contributed by atoms with Crippen molar-refractivity contribution in [2.24, 2.45) is 0 Å². The second-order valence-electron chi connectivity index (χ2n) is 8.13. The van der Waals surface area contributed by atoms with Crippen LogP contribution in [0.5, 0.6) is 0 Å². The number of nitrogens with zero attached hydrogens (tertiary/aromatic N) is 3. The number of ether oxygens (including phenoxy) is 1.